The van der Waals surface area contributed by atoms with Gasteiger partial charge in [0.05, 0.1) is 0 Å². The zero-order chi connectivity index (χ0) is 54.3. The van der Waals surface area contributed by atoms with Crippen molar-refractivity contribution in [3.63, 3.8) is 0 Å². The minimum atomic E-state index is -0.157. The van der Waals surface area contributed by atoms with Crippen molar-refractivity contribution in [3.05, 3.63) is 327 Å². The molecule has 14 rings (SSSR count). The Morgan fingerprint density at radius 3 is 1.09 bits per heavy atom. The first-order valence-electron chi connectivity index (χ1n) is 28.1. The second kappa shape index (κ2) is 20.8. The average molecular weight is 1040 g/mol. The van der Waals surface area contributed by atoms with Crippen LogP contribution in [0.2, 0.25) is 0 Å². The number of hydrogen-bond donors (Lipinski definition) is 0. The summed E-state index contributed by atoms with van der Waals surface area (Å²) in [6, 6.07) is 115. The van der Waals surface area contributed by atoms with E-state index in [9.17, 15) is 0 Å². The van der Waals surface area contributed by atoms with Crippen LogP contribution < -0.4 is 9.80 Å². The minimum Gasteiger partial charge on any atom is -0.311 e. The van der Waals surface area contributed by atoms with Crippen LogP contribution in [-0.2, 0) is 5.41 Å². The summed E-state index contributed by atoms with van der Waals surface area (Å²) >= 11 is 0. The van der Waals surface area contributed by atoms with Crippen LogP contribution in [0.3, 0.4) is 0 Å². The molecule has 2 nitrogen and oxygen atoms in total. The quantitative estimate of drug-likeness (QED) is 0.120. The van der Waals surface area contributed by atoms with E-state index in [1.807, 2.05) is 0 Å². The number of benzene rings is 13. The maximum atomic E-state index is 2.43. The minimum absolute atomic E-state index is 0.157. The molecular formula is C79H58N2. The highest BCUT2D eigenvalue weighted by Crippen LogP contribution is 2.51. The number of anilines is 6. The smallest absolute Gasteiger partial charge is 0.0465 e. The Morgan fingerprint density at radius 2 is 0.556 bits per heavy atom. The molecule has 1 aliphatic carbocycles. The molecule has 0 N–H and O–H groups in total. The van der Waals surface area contributed by atoms with Crippen molar-refractivity contribution in [1.82, 2.24) is 0 Å². The molecular weight excluding hydrogens is 977 g/mol. The van der Waals surface area contributed by atoms with E-state index >= 15 is 0 Å². The first-order valence-corrected chi connectivity index (χ1v) is 28.1. The van der Waals surface area contributed by atoms with Gasteiger partial charge in [-0.1, -0.05) is 244 Å². The lowest BCUT2D eigenvalue weighted by Gasteiger charge is -2.28. The monoisotopic (exact) mass is 1030 g/mol. The van der Waals surface area contributed by atoms with E-state index in [-0.39, 0.29) is 5.41 Å². The molecule has 81 heavy (non-hydrogen) atoms. The van der Waals surface area contributed by atoms with Crippen molar-refractivity contribution in [1.29, 1.82) is 0 Å². The normalized spacial score (nSPS) is 12.2. The van der Waals surface area contributed by atoms with Gasteiger partial charge in [0.15, 0.2) is 0 Å². The molecule has 384 valence electrons. The maximum absolute atomic E-state index is 2.43. The molecule has 0 bridgehead atoms. The highest BCUT2D eigenvalue weighted by Gasteiger charge is 2.36. The SMILES string of the molecule is CC1(C)c2ccccc2-c2ccc(N(c3ccc(-c4cc(-c5ccccc5)c(-c5ccc(N(c6ccccc6)c6ccccc6)cc5)cc4-c4ccccc4)cc3)c3ccc(-c4ccccc4-c4cccc5ccccc45)cc3)cc21. The van der Waals surface area contributed by atoms with Gasteiger partial charge in [0.2, 0.25) is 0 Å². The average Bonchev–Trinajstić information content (AvgIpc) is 4.07. The third kappa shape index (κ3) is 9.07. The van der Waals surface area contributed by atoms with E-state index in [1.54, 1.807) is 0 Å². The molecule has 0 aliphatic heterocycles. The van der Waals surface area contributed by atoms with Crippen molar-refractivity contribution in [2.24, 2.45) is 0 Å². The van der Waals surface area contributed by atoms with Crippen LogP contribution >= 0.6 is 0 Å². The number of hydrogen-bond acceptors (Lipinski definition) is 2. The molecule has 2 heteroatoms. The summed E-state index contributed by atoms with van der Waals surface area (Å²) in [7, 11) is 0. The van der Waals surface area contributed by atoms with Gasteiger partial charge >= 0.3 is 0 Å². The van der Waals surface area contributed by atoms with E-state index in [0.29, 0.717) is 0 Å². The summed E-state index contributed by atoms with van der Waals surface area (Å²) in [5, 5.41) is 2.49. The Kier molecular flexibility index (Phi) is 12.6. The van der Waals surface area contributed by atoms with Crippen LogP contribution in [-0.4, -0.2) is 0 Å². The maximum Gasteiger partial charge on any atom is 0.0465 e. The first-order chi connectivity index (χ1) is 39.9. The molecule has 0 saturated carbocycles. The van der Waals surface area contributed by atoms with Crippen LogP contribution in [0.1, 0.15) is 25.0 Å². The van der Waals surface area contributed by atoms with Crippen molar-refractivity contribution in [2.75, 3.05) is 9.80 Å². The molecule has 0 atom stereocenters. The van der Waals surface area contributed by atoms with Crippen molar-refractivity contribution in [2.45, 2.75) is 19.3 Å². The summed E-state index contributed by atoms with van der Waals surface area (Å²) < 4.78 is 0. The van der Waals surface area contributed by atoms with Gasteiger partial charge in [-0.2, -0.15) is 0 Å². The molecule has 0 radical (unpaired) electrons. The predicted molar refractivity (Wildman–Crippen MR) is 343 cm³/mol. The fraction of sp³-hybridized carbons (Fsp3) is 0.0380. The van der Waals surface area contributed by atoms with Crippen LogP contribution in [0.25, 0.3) is 88.7 Å². The summed E-state index contributed by atoms with van der Waals surface area (Å²) in [5.74, 6) is 0. The van der Waals surface area contributed by atoms with Gasteiger partial charge in [-0.25, -0.2) is 0 Å². The van der Waals surface area contributed by atoms with Crippen LogP contribution in [0.4, 0.5) is 34.1 Å². The highest BCUT2D eigenvalue weighted by atomic mass is 15.1. The van der Waals surface area contributed by atoms with Gasteiger partial charge in [-0.05, 0) is 185 Å². The highest BCUT2D eigenvalue weighted by molar-refractivity contribution is 6.01. The van der Waals surface area contributed by atoms with Crippen LogP contribution in [0, 0.1) is 0 Å². The molecule has 0 spiro atoms. The van der Waals surface area contributed by atoms with E-state index < -0.39 is 0 Å². The Bertz CT molecular complexity index is 4330. The molecule has 13 aromatic rings. The number of rotatable bonds is 12. The summed E-state index contributed by atoms with van der Waals surface area (Å²) in [6.45, 7) is 4.73. The lowest BCUT2D eigenvalue weighted by molar-refractivity contribution is 0.660. The topological polar surface area (TPSA) is 6.48 Å². The van der Waals surface area contributed by atoms with E-state index in [1.165, 1.54) is 88.7 Å². The molecule has 0 fully saturated rings. The van der Waals surface area contributed by atoms with Gasteiger partial charge in [0, 0.05) is 39.5 Å². The predicted octanol–water partition coefficient (Wildman–Crippen LogP) is 22.1. The Morgan fingerprint density at radius 1 is 0.210 bits per heavy atom. The zero-order valence-corrected chi connectivity index (χ0v) is 45.4. The second-order valence-electron chi connectivity index (χ2n) is 21.6. The molecule has 0 heterocycles. The van der Waals surface area contributed by atoms with Gasteiger partial charge in [-0.3, -0.25) is 0 Å². The van der Waals surface area contributed by atoms with Crippen molar-refractivity contribution in [3.8, 4) is 77.9 Å². The lowest BCUT2D eigenvalue weighted by Crippen LogP contribution is -2.16. The summed E-state index contributed by atoms with van der Waals surface area (Å²) in [6.07, 6.45) is 0. The summed E-state index contributed by atoms with van der Waals surface area (Å²) in [4.78, 5) is 4.75. The third-order valence-corrected chi connectivity index (χ3v) is 16.5. The Hall–Kier alpha value is -10.3. The number of nitrogens with zero attached hydrogens (tertiary/aromatic N) is 2. The molecule has 0 saturated heterocycles. The van der Waals surface area contributed by atoms with Gasteiger partial charge in [0.1, 0.15) is 0 Å². The van der Waals surface area contributed by atoms with Gasteiger partial charge < -0.3 is 9.80 Å². The summed E-state index contributed by atoms with van der Waals surface area (Å²) in [5.41, 5.74) is 25.9. The van der Waals surface area contributed by atoms with Crippen LogP contribution in [0.15, 0.2) is 315 Å². The number of para-hydroxylation sites is 2. The molecule has 0 unspecified atom stereocenters. The van der Waals surface area contributed by atoms with Gasteiger partial charge in [0.25, 0.3) is 0 Å². The molecule has 0 amide bonds. The van der Waals surface area contributed by atoms with E-state index in [2.05, 4.69) is 339 Å². The van der Waals surface area contributed by atoms with E-state index in [4.69, 9.17) is 0 Å². The first kappa shape index (κ1) is 49.0. The lowest BCUT2D eigenvalue weighted by atomic mass is 9.82. The molecule has 13 aromatic carbocycles. The largest absolute Gasteiger partial charge is 0.311 e. The van der Waals surface area contributed by atoms with Gasteiger partial charge in [-0.15, -0.1) is 0 Å². The molecule has 0 aromatic heterocycles. The van der Waals surface area contributed by atoms with Crippen LogP contribution in [0.5, 0.6) is 0 Å². The fourth-order valence-corrected chi connectivity index (χ4v) is 12.5. The third-order valence-electron chi connectivity index (χ3n) is 16.5. The van der Waals surface area contributed by atoms with Crippen molar-refractivity contribution < 1.29 is 0 Å². The second-order valence-corrected chi connectivity index (χ2v) is 21.6. The zero-order valence-electron chi connectivity index (χ0n) is 45.4. The fourth-order valence-electron chi connectivity index (χ4n) is 12.5. The van der Waals surface area contributed by atoms with Crippen molar-refractivity contribution >= 4 is 44.9 Å². The molecule has 1 aliphatic rings. The van der Waals surface area contributed by atoms with E-state index in [0.717, 1.165) is 45.3 Å². The Balaban J connectivity index is 0.885. The standard InChI is InChI=1S/C79H58N2/c1-79(2)77-37-20-19-35-71(77)72-51-50-66(52-78(72)79)81(64-44-38-58(39-45-64)68-33-17-18-34-69(68)70-36-21-27-55-26-15-16-32-67(55)70)65-48-42-60(43-49-65)76-54-73(56-22-7-3-8-23-56)75(53-74(76)57-24-9-4-10-25-57)59-40-46-63(47-41-59)80(61-28-11-5-12-29-61)62-30-13-6-14-31-62/h3-54H,1-2H3. The number of fused-ring (bicyclic) bond motifs is 4. The Labute approximate surface area is 475 Å².